The fourth-order valence-electron chi connectivity index (χ4n) is 3.49. The largest absolute Gasteiger partial charge is 0.507 e. The number of rotatable bonds is 2. The molecule has 0 spiro atoms. The highest BCUT2D eigenvalue weighted by atomic mass is 35.5. The smallest absolute Gasteiger partial charge is 0.124 e. The predicted octanol–water partition coefficient (Wildman–Crippen LogP) is 5.60. The highest BCUT2D eigenvalue weighted by molar-refractivity contribution is 5.85. The lowest BCUT2D eigenvalue weighted by Gasteiger charge is -2.30. The summed E-state index contributed by atoms with van der Waals surface area (Å²) < 4.78 is 0. The number of phenolic OH excluding ortho intramolecular Hbond substituents is 1. The quantitative estimate of drug-likeness (QED) is 0.736. The van der Waals surface area contributed by atoms with Crippen molar-refractivity contribution in [2.24, 2.45) is 11.7 Å². The average Bonchev–Trinajstić information content (AvgIpc) is 2.89. The molecule has 1 aromatic rings. The van der Waals surface area contributed by atoms with Gasteiger partial charge >= 0.3 is 0 Å². The maximum atomic E-state index is 10.9. The van der Waals surface area contributed by atoms with E-state index in [-0.39, 0.29) is 29.3 Å². The Labute approximate surface area is 148 Å². The van der Waals surface area contributed by atoms with E-state index in [4.69, 9.17) is 5.73 Å². The van der Waals surface area contributed by atoms with Crippen molar-refractivity contribution in [3.05, 3.63) is 28.8 Å². The van der Waals surface area contributed by atoms with Crippen molar-refractivity contribution in [2.45, 2.75) is 84.1 Å². The number of nitrogens with two attached hydrogens (primary N) is 1. The lowest BCUT2D eigenvalue weighted by atomic mass is 9.77. The van der Waals surface area contributed by atoms with Crippen LogP contribution in [0.1, 0.15) is 90.0 Å². The molecule has 2 nitrogen and oxygen atoms in total. The molecule has 0 heterocycles. The van der Waals surface area contributed by atoms with Crippen molar-refractivity contribution in [1.29, 1.82) is 0 Å². The summed E-state index contributed by atoms with van der Waals surface area (Å²) in [7, 11) is 0. The van der Waals surface area contributed by atoms with Gasteiger partial charge in [0.25, 0.3) is 0 Å². The number of phenols is 1. The van der Waals surface area contributed by atoms with Crippen molar-refractivity contribution in [3.63, 3.8) is 0 Å². The SMILES string of the molecule is CC(C)(C)c1cc([C@@H](N)C2CCCC2)c(O)c(C(C)(C)C)c1.Cl. The zero-order chi connectivity index (χ0) is 16.7. The molecule has 1 aromatic carbocycles. The first-order valence-corrected chi connectivity index (χ1v) is 8.65. The number of benzene rings is 1. The van der Waals surface area contributed by atoms with Gasteiger partial charge in [0.05, 0.1) is 0 Å². The molecule has 0 unspecified atom stereocenters. The lowest BCUT2D eigenvalue weighted by molar-refractivity contribution is 0.399. The molecule has 1 aliphatic rings. The van der Waals surface area contributed by atoms with E-state index < -0.39 is 0 Å². The molecule has 1 saturated carbocycles. The van der Waals surface area contributed by atoms with Crippen LogP contribution in [0, 0.1) is 5.92 Å². The highest BCUT2D eigenvalue weighted by Crippen LogP contribution is 2.43. The van der Waals surface area contributed by atoms with Crippen molar-refractivity contribution >= 4 is 12.4 Å². The second-order valence-electron chi connectivity index (χ2n) is 9.03. The summed E-state index contributed by atoms with van der Waals surface area (Å²) in [5.41, 5.74) is 9.76. The van der Waals surface area contributed by atoms with Crippen molar-refractivity contribution in [1.82, 2.24) is 0 Å². The van der Waals surface area contributed by atoms with Gasteiger partial charge in [-0.15, -0.1) is 12.4 Å². The summed E-state index contributed by atoms with van der Waals surface area (Å²) in [6, 6.07) is 4.26. The molecule has 0 aromatic heterocycles. The fraction of sp³-hybridized carbons (Fsp3) is 0.700. The van der Waals surface area contributed by atoms with Gasteiger partial charge in [0.2, 0.25) is 0 Å². The van der Waals surface area contributed by atoms with Gasteiger partial charge in [-0.25, -0.2) is 0 Å². The Hall–Kier alpha value is -0.730. The van der Waals surface area contributed by atoms with E-state index in [0.29, 0.717) is 11.7 Å². The first-order valence-electron chi connectivity index (χ1n) is 8.65. The molecular weight excluding hydrogens is 306 g/mol. The number of halogens is 1. The van der Waals surface area contributed by atoms with Crippen LogP contribution >= 0.6 is 12.4 Å². The van der Waals surface area contributed by atoms with Gasteiger partial charge in [-0.2, -0.15) is 0 Å². The molecule has 2 rings (SSSR count). The summed E-state index contributed by atoms with van der Waals surface area (Å²) in [5, 5.41) is 10.9. The molecule has 0 amide bonds. The number of hydrogen-bond donors (Lipinski definition) is 2. The zero-order valence-electron chi connectivity index (χ0n) is 15.6. The van der Waals surface area contributed by atoms with Gasteiger partial charge in [0, 0.05) is 11.6 Å². The number of hydrogen-bond acceptors (Lipinski definition) is 2. The maximum Gasteiger partial charge on any atom is 0.124 e. The van der Waals surface area contributed by atoms with Gasteiger partial charge in [0.15, 0.2) is 0 Å². The molecule has 3 N–H and O–H groups in total. The molecule has 1 aliphatic carbocycles. The van der Waals surface area contributed by atoms with Crippen LogP contribution in [0.5, 0.6) is 5.75 Å². The minimum Gasteiger partial charge on any atom is -0.507 e. The molecule has 0 saturated heterocycles. The summed E-state index contributed by atoms with van der Waals surface area (Å²) in [4.78, 5) is 0. The van der Waals surface area contributed by atoms with E-state index in [1.807, 2.05) is 0 Å². The van der Waals surface area contributed by atoms with E-state index in [9.17, 15) is 5.11 Å². The Morgan fingerprint density at radius 3 is 1.96 bits per heavy atom. The van der Waals surface area contributed by atoms with Gasteiger partial charge in [-0.3, -0.25) is 0 Å². The maximum absolute atomic E-state index is 10.9. The predicted molar refractivity (Wildman–Crippen MR) is 102 cm³/mol. The normalized spacial score (nSPS) is 17.9. The molecule has 23 heavy (non-hydrogen) atoms. The van der Waals surface area contributed by atoms with Crippen molar-refractivity contribution in [2.75, 3.05) is 0 Å². The zero-order valence-corrected chi connectivity index (χ0v) is 16.4. The third kappa shape index (κ3) is 4.42. The summed E-state index contributed by atoms with van der Waals surface area (Å²) in [6.07, 6.45) is 4.91. The van der Waals surface area contributed by atoms with Crippen LogP contribution in [0.2, 0.25) is 0 Å². The summed E-state index contributed by atoms with van der Waals surface area (Å²) in [5.74, 6) is 0.925. The highest BCUT2D eigenvalue weighted by Gasteiger charge is 2.30. The third-order valence-electron chi connectivity index (χ3n) is 5.08. The monoisotopic (exact) mass is 339 g/mol. The van der Waals surface area contributed by atoms with Crippen LogP contribution < -0.4 is 5.73 Å². The van der Waals surface area contributed by atoms with E-state index in [2.05, 4.69) is 53.7 Å². The summed E-state index contributed by atoms with van der Waals surface area (Å²) in [6.45, 7) is 13.1. The molecular formula is C20H34ClNO. The second kappa shape index (κ2) is 7.03. The molecule has 1 fully saturated rings. The van der Waals surface area contributed by atoms with Crippen LogP contribution in [0.25, 0.3) is 0 Å². The van der Waals surface area contributed by atoms with Crippen LogP contribution in [0.15, 0.2) is 12.1 Å². The Morgan fingerprint density at radius 2 is 1.52 bits per heavy atom. The van der Waals surface area contributed by atoms with Gasteiger partial charge in [0.1, 0.15) is 5.75 Å². The number of aromatic hydroxyl groups is 1. The Morgan fingerprint density at radius 1 is 1.00 bits per heavy atom. The van der Waals surface area contributed by atoms with E-state index in [1.165, 1.54) is 31.2 Å². The molecule has 0 aliphatic heterocycles. The molecule has 132 valence electrons. The van der Waals surface area contributed by atoms with Gasteiger partial charge in [-0.1, -0.05) is 60.5 Å². The Balaban J connectivity index is 0.00000264. The minimum absolute atomic E-state index is 0. The molecule has 0 bridgehead atoms. The van der Waals surface area contributed by atoms with Crippen LogP contribution in [-0.4, -0.2) is 5.11 Å². The average molecular weight is 340 g/mol. The molecule has 1 atom stereocenters. The third-order valence-corrected chi connectivity index (χ3v) is 5.08. The van der Waals surface area contributed by atoms with Crippen LogP contribution in [0.3, 0.4) is 0 Å². The van der Waals surface area contributed by atoms with Crippen LogP contribution in [0.4, 0.5) is 0 Å². The molecule has 3 heteroatoms. The first-order chi connectivity index (χ1) is 10.0. The summed E-state index contributed by atoms with van der Waals surface area (Å²) >= 11 is 0. The van der Waals surface area contributed by atoms with Crippen molar-refractivity contribution in [3.8, 4) is 5.75 Å². The fourth-order valence-corrected chi connectivity index (χ4v) is 3.49. The Kier molecular flexibility index (Phi) is 6.21. The standard InChI is InChI=1S/C20H33NO.ClH/c1-19(2,3)14-11-15(17(21)13-9-7-8-10-13)18(22)16(12-14)20(4,5)6;/h11-13,17,22H,7-10,21H2,1-6H3;1H/t17-;/m0./s1. The van der Waals surface area contributed by atoms with Gasteiger partial charge in [-0.05, 0) is 46.8 Å². The molecule has 0 radical (unpaired) electrons. The van der Waals surface area contributed by atoms with Crippen LogP contribution in [-0.2, 0) is 10.8 Å². The second-order valence-corrected chi connectivity index (χ2v) is 9.03. The minimum atomic E-state index is -0.0878. The van der Waals surface area contributed by atoms with E-state index >= 15 is 0 Å². The van der Waals surface area contributed by atoms with Gasteiger partial charge < -0.3 is 10.8 Å². The topological polar surface area (TPSA) is 46.2 Å². The van der Waals surface area contributed by atoms with E-state index in [0.717, 1.165) is 11.1 Å². The van der Waals surface area contributed by atoms with Crippen molar-refractivity contribution < 1.29 is 5.11 Å². The van der Waals surface area contributed by atoms with E-state index in [1.54, 1.807) is 0 Å². The lowest BCUT2D eigenvalue weighted by Crippen LogP contribution is -2.23. The first kappa shape index (κ1) is 20.3. The Bertz CT molecular complexity index is 534.